The van der Waals surface area contributed by atoms with E-state index in [4.69, 9.17) is 0 Å². The third-order valence-electron chi connectivity index (χ3n) is 2.06. The zero-order valence-corrected chi connectivity index (χ0v) is 9.26. The smallest absolute Gasteiger partial charge is 0.658 e. The Labute approximate surface area is 82.5 Å². The summed E-state index contributed by atoms with van der Waals surface area (Å²) in [6, 6.07) is 1.24. The molecule has 0 amide bonds. The van der Waals surface area contributed by atoms with Crippen LogP contribution in [0.1, 0.15) is 20.8 Å². The summed E-state index contributed by atoms with van der Waals surface area (Å²) in [6.45, 7) is 10.0. The third-order valence-corrected chi connectivity index (χ3v) is 2.06. The van der Waals surface area contributed by atoms with Gasteiger partial charge in [0, 0.05) is 6.04 Å². The van der Waals surface area contributed by atoms with Crippen LogP contribution in [0.5, 0.6) is 0 Å². The Morgan fingerprint density at radius 1 is 1.45 bits per heavy atom. The third kappa shape index (κ3) is 3.64. The Morgan fingerprint density at radius 3 is 2.45 bits per heavy atom. The van der Waals surface area contributed by atoms with Crippen LogP contribution in [-0.2, 0) is 19.5 Å². The molecule has 2 nitrogen and oxygen atoms in total. The SMILES string of the molecule is CC1CN(C(C)C)CC[N-]1.[Ru+]. The van der Waals surface area contributed by atoms with Gasteiger partial charge in [0.2, 0.25) is 0 Å². The maximum atomic E-state index is 4.42. The molecule has 1 atom stereocenters. The standard InChI is InChI=1S/C8H17N2.Ru/c1-7(2)10-5-4-9-8(3)6-10;/h7-8H,4-6H2,1-3H3;/q-1;+1. The minimum Gasteiger partial charge on any atom is -0.658 e. The number of piperazine rings is 1. The van der Waals surface area contributed by atoms with Gasteiger partial charge >= 0.3 is 19.5 Å². The molecule has 67 valence electrons. The predicted molar refractivity (Wildman–Crippen MR) is 44.4 cm³/mol. The van der Waals surface area contributed by atoms with Gasteiger partial charge in [0.1, 0.15) is 0 Å². The van der Waals surface area contributed by atoms with Gasteiger partial charge < -0.3 is 10.2 Å². The van der Waals surface area contributed by atoms with Crippen LogP contribution in [0.2, 0.25) is 0 Å². The van der Waals surface area contributed by atoms with Crippen molar-refractivity contribution >= 4 is 0 Å². The van der Waals surface area contributed by atoms with Crippen molar-refractivity contribution < 1.29 is 19.5 Å². The quantitative estimate of drug-likeness (QED) is 0.637. The maximum Gasteiger partial charge on any atom is 1.00 e. The summed E-state index contributed by atoms with van der Waals surface area (Å²) < 4.78 is 0. The van der Waals surface area contributed by atoms with E-state index in [0.29, 0.717) is 12.1 Å². The van der Waals surface area contributed by atoms with Gasteiger partial charge in [-0.3, -0.25) is 0 Å². The molecule has 0 saturated carbocycles. The molecule has 1 unspecified atom stereocenters. The minimum absolute atomic E-state index is 0. The van der Waals surface area contributed by atoms with Crippen molar-refractivity contribution in [3.8, 4) is 0 Å². The summed E-state index contributed by atoms with van der Waals surface area (Å²) in [6.07, 6.45) is 0. The molecular formula is C8H17N2Ru. The normalized spacial score (nSPS) is 26.7. The van der Waals surface area contributed by atoms with Gasteiger partial charge in [-0.05, 0) is 26.9 Å². The number of hydrogen-bond acceptors (Lipinski definition) is 1. The average Bonchev–Trinajstić information content (AvgIpc) is 1.88. The van der Waals surface area contributed by atoms with Crippen LogP contribution >= 0.6 is 0 Å². The Balaban J connectivity index is 0.000001000. The largest absolute Gasteiger partial charge is 1.00 e. The van der Waals surface area contributed by atoms with E-state index in [1.807, 2.05) is 0 Å². The molecule has 1 aliphatic heterocycles. The van der Waals surface area contributed by atoms with E-state index in [1.165, 1.54) is 0 Å². The van der Waals surface area contributed by atoms with E-state index in [-0.39, 0.29) is 19.5 Å². The second kappa shape index (κ2) is 5.24. The van der Waals surface area contributed by atoms with Gasteiger partial charge in [0.05, 0.1) is 0 Å². The fourth-order valence-corrected chi connectivity index (χ4v) is 1.36. The first kappa shape index (κ1) is 11.5. The molecule has 1 saturated heterocycles. The van der Waals surface area contributed by atoms with Gasteiger partial charge in [-0.2, -0.15) is 0 Å². The molecule has 1 heterocycles. The van der Waals surface area contributed by atoms with Crippen LogP contribution in [0.4, 0.5) is 0 Å². The second-order valence-corrected chi connectivity index (χ2v) is 3.34. The number of nitrogens with zero attached hydrogens (tertiary/aromatic N) is 2. The van der Waals surface area contributed by atoms with E-state index >= 15 is 0 Å². The van der Waals surface area contributed by atoms with Crippen molar-refractivity contribution in [2.24, 2.45) is 0 Å². The molecule has 0 aromatic heterocycles. The van der Waals surface area contributed by atoms with Gasteiger partial charge in [-0.15, -0.1) is 12.6 Å². The summed E-state index contributed by atoms with van der Waals surface area (Å²) >= 11 is 0. The molecule has 0 spiro atoms. The Morgan fingerprint density at radius 2 is 2.09 bits per heavy atom. The monoisotopic (exact) mass is 243 g/mol. The molecule has 0 N–H and O–H groups in total. The maximum absolute atomic E-state index is 4.42. The Bertz CT molecular complexity index is 106. The molecule has 3 heteroatoms. The fraction of sp³-hybridized carbons (Fsp3) is 1.00. The summed E-state index contributed by atoms with van der Waals surface area (Å²) in [5.74, 6) is 0. The van der Waals surface area contributed by atoms with E-state index in [9.17, 15) is 0 Å². The van der Waals surface area contributed by atoms with Gasteiger partial charge in [0.25, 0.3) is 0 Å². The molecular weight excluding hydrogens is 225 g/mol. The van der Waals surface area contributed by atoms with Crippen molar-refractivity contribution in [1.82, 2.24) is 4.90 Å². The average molecular weight is 242 g/mol. The number of rotatable bonds is 1. The van der Waals surface area contributed by atoms with Crippen LogP contribution in [0.15, 0.2) is 0 Å². The van der Waals surface area contributed by atoms with Crippen molar-refractivity contribution in [2.75, 3.05) is 19.6 Å². The molecule has 0 bridgehead atoms. The first-order valence-corrected chi connectivity index (χ1v) is 4.11. The zero-order valence-electron chi connectivity index (χ0n) is 7.52. The van der Waals surface area contributed by atoms with Crippen LogP contribution in [-0.4, -0.2) is 36.6 Å². The zero-order chi connectivity index (χ0) is 7.56. The summed E-state index contributed by atoms with van der Waals surface area (Å²) in [7, 11) is 0. The van der Waals surface area contributed by atoms with E-state index in [2.05, 4.69) is 31.0 Å². The Kier molecular flexibility index (Phi) is 5.49. The molecule has 0 aromatic carbocycles. The van der Waals surface area contributed by atoms with Gasteiger partial charge in [-0.25, -0.2) is 0 Å². The van der Waals surface area contributed by atoms with Crippen LogP contribution in [0.3, 0.4) is 0 Å². The van der Waals surface area contributed by atoms with Crippen LogP contribution < -0.4 is 0 Å². The van der Waals surface area contributed by atoms with Crippen molar-refractivity contribution in [1.29, 1.82) is 0 Å². The molecule has 1 fully saturated rings. The van der Waals surface area contributed by atoms with Crippen LogP contribution in [0, 0.1) is 0 Å². The molecule has 0 aliphatic carbocycles. The topological polar surface area (TPSA) is 17.3 Å². The van der Waals surface area contributed by atoms with Crippen LogP contribution in [0.25, 0.3) is 5.32 Å². The summed E-state index contributed by atoms with van der Waals surface area (Å²) in [4.78, 5) is 2.48. The van der Waals surface area contributed by atoms with E-state index in [0.717, 1.165) is 19.6 Å². The predicted octanol–water partition coefficient (Wildman–Crippen LogP) is 1.47. The first-order valence-electron chi connectivity index (χ1n) is 4.11. The van der Waals surface area contributed by atoms with Crippen molar-refractivity contribution in [2.45, 2.75) is 32.9 Å². The second-order valence-electron chi connectivity index (χ2n) is 3.34. The van der Waals surface area contributed by atoms with E-state index in [1.54, 1.807) is 0 Å². The summed E-state index contributed by atoms with van der Waals surface area (Å²) in [5.41, 5.74) is 0. The van der Waals surface area contributed by atoms with Gasteiger partial charge in [-0.1, -0.05) is 6.92 Å². The number of hydrogen-bond donors (Lipinski definition) is 0. The molecule has 11 heavy (non-hydrogen) atoms. The van der Waals surface area contributed by atoms with Crippen molar-refractivity contribution in [3.05, 3.63) is 5.32 Å². The Hall–Kier alpha value is 0.543. The molecule has 1 radical (unpaired) electrons. The van der Waals surface area contributed by atoms with E-state index < -0.39 is 0 Å². The summed E-state index contributed by atoms with van der Waals surface area (Å²) in [5, 5.41) is 4.42. The molecule has 1 rings (SSSR count). The fourth-order valence-electron chi connectivity index (χ4n) is 1.36. The molecule has 0 aromatic rings. The first-order chi connectivity index (χ1) is 4.70. The van der Waals surface area contributed by atoms with Crippen molar-refractivity contribution in [3.63, 3.8) is 0 Å². The van der Waals surface area contributed by atoms with Gasteiger partial charge in [0.15, 0.2) is 0 Å². The molecule has 1 aliphatic rings. The minimum atomic E-state index is 0.